The van der Waals surface area contributed by atoms with E-state index in [1.54, 1.807) is 53.4 Å². The summed E-state index contributed by atoms with van der Waals surface area (Å²) in [6.45, 7) is 5.63. The highest BCUT2D eigenvalue weighted by Crippen LogP contribution is 2.32. The molecule has 2 aromatic carbocycles. The third kappa shape index (κ3) is 4.18. The zero-order chi connectivity index (χ0) is 20.5. The number of hydrogen-bond acceptors (Lipinski definition) is 3. The Hall–Kier alpha value is -2.05. The molecule has 0 aliphatic carbocycles. The summed E-state index contributed by atoms with van der Waals surface area (Å²) in [5, 5.41) is 0.322. The molecule has 1 heterocycles. The molecular weight excluding hydrogens is 396 g/mol. The van der Waals surface area contributed by atoms with Gasteiger partial charge < -0.3 is 4.90 Å². The van der Waals surface area contributed by atoms with Crippen molar-refractivity contribution in [2.45, 2.75) is 31.6 Å². The number of benzene rings is 2. The highest BCUT2D eigenvalue weighted by atomic mass is 35.5. The van der Waals surface area contributed by atoms with Crippen LogP contribution in [0.4, 0.5) is 5.69 Å². The van der Waals surface area contributed by atoms with Gasteiger partial charge in [-0.15, -0.1) is 0 Å². The first-order valence-electron chi connectivity index (χ1n) is 9.25. The molecule has 28 heavy (non-hydrogen) atoms. The molecule has 0 atom stereocenters. The van der Waals surface area contributed by atoms with Crippen molar-refractivity contribution >= 4 is 33.2 Å². The van der Waals surface area contributed by atoms with Crippen LogP contribution in [0.25, 0.3) is 0 Å². The Morgan fingerprint density at radius 3 is 2.46 bits per heavy atom. The summed E-state index contributed by atoms with van der Waals surface area (Å²) in [5.41, 5.74) is 0.783. The third-order valence-electron chi connectivity index (χ3n) is 5.13. The zero-order valence-electron chi connectivity index (χ0n) is 16.4. The Kier molecular flexibility index (Phi) is 5.73. The number of halogens is 1. The van der Waals surface area contributed by atoms with E-state index in [1.807, 2.05) is 0 Å². The van der Waals surface area contributed by atoms with Crippen LogP contribution in [0, 0.1) is 5.41 Å². The number of amides is 1. The minimum atomic E-state index is -3.73. The summed E-state index contributed by atoms with van der Waals surface area (Å²) in [6, 6.07) is 13.0. The fraction of sp³-hybridized carbons (Fsp3) is 0.381. The van der Waals surface area contributed by atoms with Gasteiger partial charge in [0, 0.05) is 20.1 Å². The van der Waals surface area contributed by atoms with Crippen molar-refractivity contribution in [3.63, 3.8) is 0 Å². The quantitative estimate of drug-likeness (QED) is 0.735. The predicted octanol–water partition coefficient (Wildman–Crippen LogP) is 4.43. The molecule has 0 aromatic heterocycles. The molecule has 0 spiro atoms. The molecule has 2 aromatic rings. The van der Waals surface area contributed by atoms with Gasteiger partial charge in [-0.2, -0.15) is 0 Å². The minimum Gasteiger partial charge on any atom is -0.338 e. The Bertz CT molecular complexity index is 974. The van der Waals surface area contributed by atoms with Gasteiger partial charge >= 0.3 is 0 Å². The molecule has 0 bridgehead atoms. The predicted molar refractivity (Wildman–Crippen MR) is 112 cm³/mol. The smallest absolute Gasteiger partial charge is 0.264 e. The summed E-state index contributed by atoms with van der Waals surface area (Å²) in [6.07, 6.45) is 2.01. The van der Waals surface area contributed by atoms with Crippen molar-refractivity contribution in [1.29, 1.82) is 0 Å². The third-order valence-corrected chi connectivity index (χ3v) is 7.26. The van der Waals surface area contributed by atoms with E-state index in [4.69, 9.17) is 11.6 Å². The minimum absolute atomic E-state index is 0.0609. The second-order valence-electron chi connectivity index (χ2n) is 7.94. The second-order valence-corrected chi connectivity index (χ2v) is 10.3. The molecule has 7 heteroatoms. The van der Waals surface area contributed by atoms with Crippen LogP contribution in [0.3, 0.4) is 0 Å². The second kappa shape index (κ2) is 7.76. The summed E-state index contributed by atoms with van der Waals surface area (Å²) in [4.78, 5) is 15.1. The van der Waals surface area contributed by atoms with E-state index >= 15 is 0 Å². The maximum atomic E-state index is 13.1. The van der Waals surface area contributed by atoms with Crippen molar-refractivity contribution in [2.24, 2.45) is 5.41 Å². The van der Waals surface area contributed by atoms with E-state index in [2.05, 4.69) is 13.8 Å². The molecule has 0 saturated carbocycles. The summed E-state index contributed by atoms with van der Waals surface area (Å²) in [7, 11) is -2.25. The van der Waals surface area contributed by atoms with Crippen LogP contribution in [0.2, 0.25) is 5.02 Å². The Balaban J connectivity index is 1.92. The number of anilines is 1. The molecule has 5 nitrogen and oxygen atoms in total. The van der Waals surface area contributed by atoms with Gasteiger partial charge in [-0.3, -0.25) is 9.10 Å². The lowest BCUT2D eigenvalue weighted by molar-refractivity contribution is 0.0583. The highest BCUT2D eigenvalue weighted by molar-refractivity contribution is 7.92. The van der Waals surface area contributed by atoms with Crippen LogP contribution in [0.15, 0.2) is 53.4 Å². The van der Waals surface area contributed by atoms with Gasteiger partial charge in [0.25, 0.3) is 15.9 Å². The standard InChI is InChI=1S/C21H25ClN2O3S/c1-21(2)12-7-13-24(15-21)20(25)18-14-16(10-11-19(18)22)23(3)28(26,27)17-8-5-4-6-9-17/h4-6,8-11,14H,7,12-13,15H2,1-3H3. The van der Waals surface area contributed by atoms with Crippen molar-refractivity contribution in [2.75, 3.05) is 24.4 Å². The SMILES string of the molecule is CN(c1ccc(Cl)c(C(=O)N2CCCC(C)(C)C2)c1)S(=O)(=O)c1ccccc1. The summed E-state index contributed by atoms with van der Waals surface area (Å²) < 4.78 is 26.9. The van der Waals surface area contributed by atoms with Crippen molar-refractivity contribution in [3.8, 4) is 0 Å². The first-order chi connectivity index (χ1) is 13.1. The first-order valence-corrected chi connectivity index (χ1v) is 11.1. The molecule has 1 fully saturated rings. The van der Waals surface area contributed by atoms with Gasteiger partial charge in [0.05, 0.1) is 21.2 Å². The van der Waals surface area contributed by atoms with E-state index in [-0.39, 0.29) is 16.2 Å². The number of hydrogen-bond donors (Lipinski definition) is 0. The summed E-state index contributed by atoms with van der Waals surface area (Å²) in [5.74, 6) is -0.162. The fourth-order valence-electron chi connectivity index (χ4n) is 3.53. The van der Waals surface area contributed by atoms with Crippen molar-refractivity contribution in [3.05, 3.63) is 59.1 Å². The van der Waals surface area contributed by atoms with Gasteiger partial charge in [-0.05, 0) is 48.6 Å². The average Bonchev–Trinajstić information content (AvgIpc) is 2.67. The molecule has 150 valence electrons. The molecule has 1 saturated heterocycles. The number of carbonyl (C=O) groups excluding carboxylic acids is 1. The lowest BCUT2D eigenvalue weighted by Gasteiger charge is -2.38. The van der Waals surface area contributed by atoms with E-state index in [1.165, 1.54) is 11.4 Å². The number of sulfonamides is 1. The molecule has 0 unspecified atom stereocenters. The summed E-state index contributed by atoms with van der Waals surface area (Å²) >= 11 is 6.30. The average molecular weight is 421 g/mol. The highest BCUT2D eigenvalue weighted by Gasteiger charge is 2.31. The lowest BCUT2D eigenvalue weighted by atomic mass is 9.84. The molecular formula is C21H25ClN2O3S. The van der Waals surface area contributed by atoms with Crippen LogP contribution in [0.1, 0.15) is 37.0 Å². The molecule has 0 N–H and O–H groups in total. The largest absolute Gasteiger partial charge is 0.338 e. The molecule has 1 aliphatic rings. The fourth-order valence-corrected chi connectivity index (χ4v) is 4.94. The Morgan fingerprint density at radius 2 is 1.82 bits per heavy atom. The molecule has 0 radical (unpaired) electrons. The zero-order valence-corrected chi connectivity index (χ0v) is 17.9. The molecule has 3 rings (SSSR count). The first kappa shape index (κ1) is 20.7. The number of piperidine rings is 1. The normalized spacial score (nSPS) is 16.6. The van der Waals surface area contributed by atoms with Crippen LogP contribution in [0.5, 0.6) is 0 Å². The van der Waals surface area contributed by atoms with Crippen molar-refractivity contribution < 1.29 is 13.2 Å². The topological polar surface area (TPSA) is 57.7 Å². The van der Waals surface area contributed by atoms with Gasteiger partial charge in [0.15, 0.2) is 0 Å². The van der Waals surface area contributed by atoms with E-state index in [9.17, 15) is 13.2 Å². The Morgan fingerprint density at radius 1 is 1.14 bits per heavy atom. The lowest BCUT2D eigenvalue weighted by Crippen LogP contribution is -2.43. The Labute approximate surface area is 172 Å². The number of nitrogens with zero attached hydrogens (tertiary/aromatic N) is 2. The maximum absolute atomic E-state index is 13.1. The molecule has 1 amide bonds. The number of carbonyl (C=O) groups is 1. The van der Waals surface area contributed by atoms with Gasteiger partial charge in [-0.1, -0.05) is 43.6 Å². The van der Waals surface area contributed by atoms with Crippen LogP contribution < -0.4 is 4.31 Å². The molecule has 1 aliphatic heterocycles. The van der Waals surface area contributed by atoms with E-state index in [0.29, 0.717) is 29.4 Å². The number of rotatable bonds is 4. The maximum Gasteiger partial charge on any atom is 0.264 e. The van der Waals surface area contributed by atoms with Crippen LogP contribution in [-0.4, -0.2) is 39.4 Å². The van der Waals surface area contributed by atoms with Crippen molar-refractivity contribution in [1.82, 2.24) is 4.90 Å². The van der Waals surface area contributed by atoms with Gasteiger partial charge in [0.1, 0.15) is 0 Å². The van der Waals surface area contributed by atoms with E-state index < -0.39 is 10.0 Å². The monoisotopic (exact) mass is 420 g/mol. The van der Waals surface area contributed by atoms with Crippen LogP contribution >= 0.6 is 11.6 Å². The van der Waals surface area contributed by atoms with E-state index in [0.717, 1.165) is 12.8 Å². The number of likely N-dealkylation sites (tertiary alicyclic amines) is 1. The van der Waals surface area contributed by atoms with Crippen LogP contribution in [-0.2, 0) is 10.0 Å². The van der Waals surface area contributed by atoms with Gasteiger partial charge in [0.2, 0.25) is 0 Å². The van der Waals surface area contributed by atoms with Gasteiger partial charge in [-0.25, -0.2) is 8.42 Å².